The Morgan fingerprint density at radius 2 is 1.28 bits per heavy atom. The number of anilines is 3. The molecule has 0 spiro atoms. The van der Waals surface area contributed by atoms with Crippen LogP contribution in [0.15, 0.2) is 157 Å². The smallest absolute Gasteiger partial charge is 0.262 e. The van der Waals surface area contributed by atoms with Crippen molar-refractivity contribution in [2.75, 3.05) is 14.5 Å². The van der Waals surface area contributed by atoms with E-state index < -0.39 is 16.2 Å². The molecule has 1 amide bonds. The third kappa shape index (κ3) is 6.84. The van der Waals surface area contributed by atoms with Gasteiger partial charge in [-0.1, -0.05) is 114 Å². The van der Waals surface area contributed by atoms with Crippen LogP contribution in [0, 0.1) is 13.8 Å². The Bertz CT molecular complexity index is 2220. The number of nitrogens with one attached hydrogen (secondary N) is 1. The van der Waals surface area contributed by atoms with Gasteiger partial charge in [-0.15, -0.1) is 0 Å². The van der Waals surface area contributed by atoms with Gasteiger partial charge >= 0.3 is 0 Å². The predicted octanol–water partition coefficient (Wildman–Crippen LogP) is 9.05. The van der Waals surface area contributed by atoms with E-state index in [-0.39, 0.29) is 16.4 Å². The highest BCUT2D eigenvalue weighted by Gasteiger charge is 2.41. The maximum absolute atomic E-state index is 14.9. The highest BCUT2D eigenvalue weighted by Crippen LogP contribution is 2.45. The van der Waals surface area contributed by atoms with Crippen molar-refractivity contribution in [1.82, 2.24) is 0 Å². The summed E-state index contributed by atoms with van der Waals surface area (Å²) in [4.78, 5) is 18.8. The van der Waals surface area contributed by atoms with Crippen LogP contribution < -0.4 is 19.3 Å². The van der Waals surface area contributed by atoms with E-state index in [9.17, 15) is 13.2 Å². The molecule has 1 atom stereocenters. The Morgan fingerprint density at radius 3 is 1.96 bits per heavy atom. The van der Waals surface area contributed by atoms with Crippen LogP contribution in [0.3, 0.4) is 0 Å². The van der Waals surface area contributed by atoms with Crippen LogP contribution in [-0.4, -0.2) is 14.3 Å². The number of carbonyl (C=O) groups excluding carboxylic acids is 1. The molecular formula is C42H37N3O4S. The van der Waals surface area contributed by atoms with Gasteiger partial charge in [0.2, 0.25) is 0 Å². The van der Waals surface area contributed by atoms with E-state index in [2.05, 4.69) is 9.62 Å². The second-order valence-electron chi connectivity index (χ2n) is 12.5. The fourth-order valence-electron chi connectivity index (χ4n) is 6.23. The molecule has 7 rings (SSSR count). The minimum Gasteiger partial charge on any atom is -0.488 e. The van der Waals surface area contributed by atoms with Gasteiger partial charge in [-0.25, -0.2) is 8.42 Å². The molecule has 250 valence electrons. The molecule has 0 radical (unpaired) electrons. The van der Waals surface area contributed by atoms with Gasteiger partial charge in [-0.05, 0) is 73.5 Å². The summed E-state index contributed by atoms with van der Waals surface area (Å²) >= 11 is 0. The van der Waals surface area contributed by atoms with E-state index in [4.69, 9.17) is 4.74 Å². The van der Waals surface area contributed by atoms with Crippen molar-refractivity contribution in [3.63, 3.8) is 0 Å². The van der Waals surface area contributed by atoms with Crippen molar-refractivity contribution in [2.24, 2.45) is 0 Å². The van der Waals surface area contributed by atoms with Crippen molar-refractivity contribution < 1.29 is 17.9 Å². The maximum Gasteiger partial charge on any atom is 0.262 e. The van der Waals surface area contributed by atoms with Gasteiger partial charge in [0.15, 0.2) is 0 Å². The number of sulfonamides is 1. The van der Waals surface area contributed by atoms with Gasteiger partial charge in [-0.3, -0.25) is 14.4 Å². The molecule has 0 aliphatic carbocycles. The van der Waals surface area contributed by atoms with Crippen molar-refractivity contribution >= 4 is 33.0 Å². The van der Waals surface area contributed by atoms with E-state index in [1.165, 1.54) is 6.07 Å². The lowest BCUT2D eigenvalue weighted by Gasteiger charge is -2.46. The van der Waals surface area contributed by atoms with Crippen LogP contribution in [0.25, 0.3) is 0 Å². The predicted molar refractivity (Wildman–Crippen MR) is 199 cm³/mol. The number of nitrogens with zero attached hydrogens (tertiary/aromatic N) is 2. The number of fused-ring (bicyclic) bond motifs is 1. The number of ether oxygens (including phenoxy) is 1. The second-order valence-corrected chi connectivity index (χ2v) is 14.1. The van der Waals surface area contributed by atoms with Crippen LogP contribution in [0.5, 0.6) is 5.75 Å². The minimum atomic E-state index is -4.01. The Morgan fingerprint density at radius 1 is 0.680 bits per heavy atom. The first-order chi connectivity index (χ1) is 24.3. The zero-order valence-corrected chi connectivity index (χ0v) is 28.7. The number of aryl methyl sites for hydroxylation is 2. The summed E-state index contributed by atoms with van der Waals surface area (Å²) in [7, 11) is -4.01. The molecule has 8 heteroatoms. The third-order valence-electron chi connectivity index (χ3n) is 8.82. The zero-order valence-electron chi connectivity index (χ0n) is 27.9. The third-order valence-corrected chi connectivity index (χ3v) is 10.2. The quantitative estimate of drug-likeness (QED) is 0.156. The summed E-state index contributed by atoms with van der Waals surface area (Å²) in [5.74, 6) is 0.331. The summed E-state index contributed by atoms with van der Waals surface area (Å²) in [6, 6.07) is 47.5. The van der Waals surface area contributed by atoms with E-state index in [1.807, 2.05) is 135 Å². The molecule has 1 aliphatic heterocycles. The first-order valence-electron chi connectivity index (χ1n) is 16.5. The maximum atomic E-state index is 14.9. The molecule has 1 aliphatic rings. The highest BCUT2D eigenvalue weighted by atomic mass is 32.2. The van der Waals surface area contributed by atoms with Crippen LogP contribution in [0.4, 0.5) is 17.1 Å². The molecule has 50 heavy (non-hydrogen) atoms. The summed E-state index contributed by atoms with van der Waals surface area (Å²) in [5, 5.41) is 0. The van der Waals surface area contributed by atoms with Crippen molar-refractivity contribution in [3.05, 3.63) is 185 Å². The van der Waals surface area contributed by atoms with Gasteiger partial charge in [0.25, 0.3) is 15.9 Å². The van der Waals surface area contributed by atoms with Crippen LogP contribution in [-0.2, 0) is 23.2 Å². The Balaban J connectivity index is 1.38. The summed E-state index contributed by atoms with van der Waals surface area (Å²) in [6.07, 6.45) is -0.627. The molecule has 6 aromatic carbocycles. The number of rotatable bonds is 10. The molecule has 0 aromatic heterocycles. The average Bonchev–Trinajstić information content (AvgIpc) is 3.14. The first-order valence-corrected chi connectivity index (χ1v) is 18.0. The van der Waals surface area contributed by atoms with Gasteiger partial charge in [0.05, 0.1) is 16.1 Å². The van der Waals surface area contributed by atoms with E-state index in [0.717, 1.165) is 27.8 Å². The largest absolute Gasteiger partial charge is 0.488 e. The number of hydrogen-bond donors (Lipinski definition) is 1. The van der Waals surface area contributed by atoms with E-state index >= 15 is 0 Å². The molecule has 0 saturated carbocycles. The number of carbonyl (C=O) groups is 1. The van der Waals surface area contributed by atoms with Crippen molar-refractivity contribution in [3.8, 4) is 5.75 Å². The summed E-state index contributed by atoms with van der Waals surface area (Å²) in [5.41, 5.74) is 6.96. The molecule has 1 N–H and O–H groups in total. The average molecular weight is 680 g/mol. The summed E-state index contributed by atoms with van der Waals surface area (Å²) in [6.45, 7) is 4.74. The monoisotopic (exact) mass is 679 g/mol. The topological polar surface area (TPSA) is 79.0 Å². The highest BCUT2D eigenvalue weighted by molar-refractivity contribution is 7.92. The van der Waals surface area contributed by atoms with Gasteiger partial charge in [0.1, 0.15) is 18.5 Å². The normalized spacial score (nSPS) is 14.3. The Kier molecular flexibility index (Phi) is 9.11. The first kappa shape index (κ1) is 32.7. The van der Waals surface area contributed by atoms with Crippen molar-refractivity contribution in [1.29, 1.82) is 0 Å². The molecule has 6 aromatic rings. The molecule has 0 bridgehead atoms. The van der Waals surface area contributed by atoms with Gasteiger partial charge in [-0.2, -0.15) is 0 Å². The summed E-state index contributed by atoms with van der Waals surface area (Å²) < 4.78 is 36.5. The number of benzene rings is 6. The Hall–Kier alpha value is -5.86. The molecule has 0 saturated heterocycles. The van der Waals surface area contributed by atoms with Crippen LogP contribution in [0.2, 0.25) is 0 Å². The lowest BCUT2D eigenvalue weighted by molar-refractivity contribution is 0.0967. The van der Waals surface area contributed by atoms with E-state index in [1.54, 1.807) is 29.2 Å². The van der Waals surface area contributed by atoms with Gasteiger partial charge < -0.3 is 9.64 Å². The molecule has 0 unspecified atom stereocenters. The lowest BCUT2D eigenvalue weighted by atomic mass is 9.98. The SMILES string of the molecule is Cc1ccc(NS(=O)(=O)c2ccc3c(c2)C(=O)N(c2ccc(C)cc2)[C@@H](c2ccccc2OCc2ccccc2)N3Cc2ccccc2)cc1. The lowest BCUT2D eigenvalue weighted by Crippen LogP contribution is -2.49. The molecule has 1 heterocycles. The molecule has 0 fully saturated rings. The standard InChI is InChI=1S/C42H37N3O4S/c1-30-17-21-34(22-18-30)43-50(47,48)36-25-26-39-38(27-36)42(46)45(35-23-19-31(2)20-24-35)41(44(39)28-32-11-5-3-6-12-32)37-15-9-10-16-40(37)49-29-33-13-7-4-8-14-33/h3-27,41,43H,28-29H2,1-2H3/t41-/m0/s1. The fourth-order valence-corrected chi connectivity index (χ4v) is 7.32. The zero-order chi connectivity index (χ0) is 34.7. The fraction of sp³-hybridized carbons (Fsp3) is 0.119. The van der Waals surface area contributed by atoms with E-state index in [0.29, 0.717) is 36.0 Å². The van der Waals surface area contributed by atoms with Crippen molar-refractivity contribution in [2.45, 2.75) is 38.1 Å². The van der Waals surface area contributed by atoms with Gasteiger partial charge in [0, 0.05) is 23.5 Å². The number of para-hydroxylation sites is 1. The molecule has 7 nitrogen and oxygen atoms in total. The Labute approximate surface area is 293 Å². The number of hydrogen-bond acceptors (Lipinski definition) is 5. The second kappa shape index (κ2) is 13.9. The molecular weight excluding hydrogens is 643 g/mol. The van der Waals surface area contributed by atoms with Crippen LogP contribution >= 0.6 is 0 Å². The number of amides is 1. The van der Waals surface area contributed by atoms with Crippen LogP contribution in [0.1, 0.15) is 44.3 Å². The minimum absolute atomic E-state index is 0.00117.